The lowest BCUT2D eigenvalue weighted by molar-refractivity contribution is -0.120. The van der Waals surface area contributed by atoms with E-state index in [-0.39, 0.29) is 30.6 Å². The number of benzene rings is 1. The molecule has 1 rings (SSSR count). The Morgan fingerprint density at radius 1 is 1.47 bits per heavy atom. The molecule has 17 heavy (non-hydrogen) atoms. The van der Waals surface area contributed by atoms with Crippen molar-refractivity contribution in [3.05, 3.63) is 29.3 Å². The standard InChI is InChI=1S/C13H19NO3/c1-9(8-15)7-14-13(17)6-11-4-3-10(2)12(16)5-11/h3-5,9,15-16H,6-8H2,1-2H3,(H,14,17). The van der Waals surface area contributed by atoms with E-state index in [1.807, 2.05) is 19.9 Å². The minimum absolute atomic E-state index is 0.0605. The van der Waals surface area contributed by atoms with Gasteiger partial charge in [0.1, 0.15) is 5.75 Å². The Hall–Kier alpha value is -1.55. The zero-order valence-corrected chi connectivity index (χ0v) is 10.2. The number of hydrogen-bond donors (Lipinski definition) is 3. The average Bonchev–Trinajstić information content (AvgIpc) is 2.31. The molecule has 0 fully saturated rings. The fraction of sp³-hybridized carbons (Fsp3) is 0.462. The monoisotopic (exact) mass is 237 g/mol. The van der Waals surface area contributed by atoms with E-state index in [4.69, 9.17) is 5.11 Å². The molecule has 0 aliphatic rings. The van der Waals surface area contributed by atoms with E-state index in [1.165, 1.54) is 0 Å². The lowest BCUT2D eigenvalue weighted by Crippen LogP contribution is -2.30. The lowest BCUT2D eigenvalue weighted by atomic mass is 10.1. The van der Waals surface area contributed by atoms with Gasteiger partial charge in [-0.2, -0.15) is 0 Å². The van der Waals surface area contributed by atoms with Crippen molar-refractivity contribution in [2.45, 2.75) is 20.3 Å². The highest BCUT2D eigenvalue weighted by atomic mass is 16.3. The molecule has 1 unspecified atom stereocenters. The van der Waals surface area contributed by atoms with Gasteiger partial charge in [0.2, 0.25) is 5.91 Å². The topological polar surface area (TPSA) is 69.6 Å². The largest absolute Gasteiger partial charge is 0.508 e. The predicted octanol–water partition coefficient (Wildman–Crippen LogP) is 0.988. The molecule has 0 aliphatic heterocycles. The Labute approximate surface area is 101 Å². The van der Waals surface area contributed by atoms with Crippen LogP contribution in [0, 0.1) is 12.8 Å². The highest BCUT2D eigenvalue weighted by Gasteiger charge is 2.07. The van der Waals surface area contributed by atoms with E-state index < -0.39 is 0 Å². The predicted molar refractivity (Wildman–Crippen MR) is 65.8 cm³/mol. The summed E-state index contributed by atoms with van der Waals surface area (Å²) < 4.78 is 0. The number of aromatic hydroxyl groups is 1. The second-order valence-electron chi connectivity index (χ2n) is 4.39. The van der Waals surface area contributed by atoms with E-state index in [9.17, 15) is 9.90 Å². The van der Waals surface area contributed by atoms with Crippen molar-refractivity contribution in [3.63, 3.8) is 0 Å². The third kappa shape index (κ3) is 4.44. The lowest BCUT2D eigenvalue weighted by Gasteiger charge is -2.10. The van der Waals surface area contributed by atoms with Gasteiger partial charge in [-0.3, -0.25) is 4.79 Å². The second-order valence-corrected chi connectivity index (χ2v) is 4.39. The number of phenols is 1. The average molecular weight is 237 g/mol. The van der Waals surface area contributed by atoms with Crippen molar-refractivity contribution >= 4 is 5.91 Å². The third-order valence-electron chi connectivity index (χ3n) is 2.60. The number of carbonyl (C=O) groups is 1. The molecule has 4 nitrogen and oxygen atoms in total. The molecule has 0 radical (unpaired) electrons. The van der Waals surface area contributed by atoms with Crippen LogP contribution in [0.3, 0.4) is 0 Å². The highest BCUT2D eigenvalue weighted by Crippen LogP contribution is 2.17. The van der Waals surface area contributed by atoms with Crippen LogP contribution in [0.4, 0.5) is 0 Å². The maximum Gasteiger partial charge on any atom is 0.224 e. The Bertz CT molecular complexity index is 390. The summed E-state index contributed by atoms with van der Waals surface area (Å²) >= 11 is 0. The smallest absolute Gasteiger partial charge is 0.224 e. The van der Waals surface area contributed by atoms with Gasteiger partial charge in [0.15, 0.2) is 0 Å². The Morgan fingerprint density at radius 2 is 2.18 bits per heavy atom. The van der Waals surface area contributed by atoms with Crippen LogP contribution in [0.2, 0.25) is 0 Å². The molecule has 94 valence electrons. The van der Waals surface area contributed by atoms with Gasteiger partial charge in [0.25, 0.3) is 0 Å². The van der Waals surface area contributed by atoms with Gasteiger partial charge in [-0.25, -0.2) is 0 Å². The molecule has 0 spiro atoms. The molecule has 0 aliphatic carbocycles. The van der Waals surface area contributed by atoms with Gasteiger partial charge < -0.3 is 15.5 Å². The van der Waals surface area contributed by atoms with Crippen LogP contribution in [0.1, 0.15) is 18.1 Å². The summed E-state index contributed by atoms with van der Waals surface area (Å²) in [5, 5.41) is 21.1. The normalized spacial score (nSPS) is 12.2. The first-order chi connectivity index (χ1) is 8.02. The summed E-state index contributed by atoms with van der Waals surface area (Å²) in [7, 11) is 0. The van der Waals surface area contributed by atoms with Gasteiger partial charge in [0, 0.05) is 13.2 Å². The van der Waals surface area contributed by atoms with Gasteiger partial charge >= 0.3 is 0 Å². The Morgan fingerprint density at radius 3 is 2.76 bits per heavy atom. The van der Waals surface area contributed by atoms with E-state index in [0.717, 1.165) is 11.1 Å². The molecule has 0 saturated carbocycles. The highest BCUT2D eigenvalue weighted by molar-refractivity contribution is 5.78. The van der Waals surface area contributed by atoms with Crippen LogP contribution < -0.4 is 5.32 Å². The molecule has 1 amide bonds. The molecule has 4 heteroatoms. The molecule has 0 heterocycles. The first kappa shape index (κ1) is 13.5. The summed E-state index contributed by atoms with van der Waals surface area (Å²) in [5.74, 6) is 0.165. The molecule has 3 N–H and O–H groups in total. The minimum Gasteiger partial charge on any atom is -0.508 e. The van der Waals surface area contributed by atoms with Crippen LogP contribution in [-0.4, -0.2) is 29.3 Å². The number of aliphatic hydroxyl groups excluding tert-OH is 1. The minimum atomic E-state index is -0.103. The SMILES string of the molecule is Cc1ccc(CC(=O)NCC(C)CO)cc1O. The molecular weight excluding hydrogens is 218 g/mol. The fourth-order valence-electron chi connectivity index (χ4n) is 1.37. The fourth-order valence-corrected chi connectivity index (χ4v) is 1.37. The molecule has 0 saturated heterocycles. The van der Waals surface area contributed by atoms with Crippen molar-refractivity contribution in [2.24, 2.45) is 5.92 Å². The Balaban J connectivity index is 2.48. The van der Waals surface area contributed by atoms with E-state index in [0.29, 0.717) is 6.54 Å². The third-order valence-corrected chi connectivity index (χ3v) is 2.60. The van der Waals surface area contributed by atoms with E-state index >= 15 is 0 Å². The number of aliphatic hydroxyl groups is 1. The summed E-state index contributed by atoms with van der Waals surface area (Å²) in [5.41, 5.74) is 1.57. The Kier molecular flexibility index (Phi) is 4.97. The second kappa shape index (κ2) is 6.25. The van der Waals surface area contributed by atoms with E-state index in [1.54, 1.807) is 12.1 Å². The number of hydrogen-bond acceptors (Lipinski definition) is 3. The zero-order chi connectivity index (χ0) is 12.8. The number of carbonyl (C=O) groups excluding carboxylic acids is 1. The van der Waals surface area contributed by atoms with Crippen LogP contribution in [0.15, 0.2) is 18.2 Å². The van der Waals surface area contributed by atoms with E-state index in [2.05, 4.69) is 5.32 Å². The quantitative estimate of drug-likeness (QED) is 0.715. The molecule has 1 aromatic carbocycles. The van der Waals surface area contributed by atoms with Gasteiger partial charge in [-0.05, 0) is 30.0 Å². The van der Waals surface area contributed by atoms with Crippen molar-refractivity contribution in [1.29, 1.82) is 0 Å². The summed E-state index contributed by atoms with van der Waals surface area (Å²) in [6.07, 6.45) is 0.242. The summed E-state index contributed by atoms with van der Waals surface area (Å²) in [6.45, 7) is 4.19. The van der Waals surface area contributed by atoms with Crippen molar-refractivity contribution in [1.82, 2.24) is 5.32 Å². The molecule has 0 bridgehead atoms. The molecular formula is C13H19NO3. The van der Waals surface area contributed by atoms with Crippen LogP contribution in [0.25, 0.3) is 0 Å². The zero-order valence-electron chi connectivity index (χ0n) is 10.2. The maximum atomic E-state index is 11.6. The number of aryl methyl sites for hydroxylation is 1. The first-order valence-corrected chi connectivity index (χ1v) is 5.69. The number of nitrogens with one attached hydrogen (secondary N) is 1. The molecule has 0 aromatic heterocycles. The number of amides is 1. The van der Waals surface area contributed by atoms with Crippen molar-refractivity contribution in [2.75, 3.05) is 13.2 Å². The van der Waals surface area contributed by atoms with Crippen LogP contribution in [-0.2, 0) is 11.2 Å². The van der Waals surface area contributed by atoms with Crippen molar-refractivity contribution in [3.8, 4) is 5.75 Å². The maximum absolute atomic E-state index is 11.6. The number of phenolic OH excluding ortho intramolecular Hbond substituents is 1. The molecule has 1 aromatic rings. The van der Waals surface area contributed by atoms with Crippen LogP contribution in [0.5, 0.6) is 5.75 Å². The van der Waals surface area contributed by atoms with Gasteiger partial charge in [-0.15, -0.1) is 0 Å². The van der Waals surface area contributed by atoms with Crippen LogP contribution >= 0.6 is 0 Å². The molecule has 1 atom stereocenters. The van der Waals surface area contributed by atoms with Gasteiger partial charge in [-0.1, -0.05) is 19.1 Å². The summed E-state index contributed by atoms with van der Waals surface area (Å²) in [6, 6.07) is 5.21. The first-order valence-electron chi connectivity index (χ1n) is 5.69. The summed E-state index contributed by atoms with van der Waals surface area (Å²) in [4.78, 5) is 11.6. The van der Waals surface area contributed by atoms with Gasteiger partial charge in [0.05, 0.1) is 6.42 Å². The number of rotatable bonds is 5. The van der Waals surface area contributed by atoms with Crippen molar-refractivity contribution < 1.29 is 15.0 Å².